The van der Waals surface area contributed by atoms with E-state index in [1.54, 1.807) is 4.57 Å². The monoisotopic (exact) mass is 641 g/mol. The van der Waals surface area contributed by atoms with E-state index in [1.807, 2.05) is 54.6 Å². The molecule has 0 N–H and O–H groups in total. The van der Waals surface area contributed by atoms with Crippen LogP contribution in [-0.2, 0) is 0 Å². The van der Waals surface area contributed by atoms with E-state index in [4.69, 9.17) is 17.1 Å². The van der Waals surface area contributed by atoms with Crippen molar-refractivity contribution in [3.05, 3.63) is 170 Å². The summed E-state index contributed by atoms with van der Waals surface area (Å²) in [4.78, 5) is 0. The third-order valence-corrected chi connectivity index (χ3v) is 10.1. The molecule has 8 aromatic carbocycles. The van der Waals surface area contributed by atoms with E-state index < -0.39 is 6.04 Å². The molecular formula is C46H28N4. The summed E-state index contributed by atoms with van der Waals surface area (Å²) in [6.45, 7) is 0. The molecule has 11 aromatic rings. The smallest absolute Gasteiger partial charge is 0.168 e. The molecule has 4 heteroatoms. The summed E-state index contributed by atoms with van der Waals surface area (Å²) < 4.78 is 46.8. The fourth-order valence-electron chi connectivity index (χ4n) is 7.88. The summed E-state index contributed by atoms with van der Waals surface area (Å²) >= 11 is 0. The number of para-hydroxylation sites is 2. The molecule has 0 aliphatic carbocycles. The summed E-state index contributed by atoms with van der Waals surface area (Å²) in [6.07, 6.45) is 0. The van der Waals surface area contributed by atoms with Gasteiger partial charge in [0.1, 0.15) is 5.69 Å². The topological polar surface area (TPSA) is 35.6 Å². The van der Waals surface area contributed by atoms with Crippen molar-refractivity contribution in [2.75, 3.05) is 0 Å². The van der Waals surface area contributed by atoms with Gasteiger partial charge in [-0.05, 0) is 64.0 Å². The molecule has 4 nitrogen and oxygen atoms in total. The lowest BCUT2D eigenvalue weighted by molar-refractivity contribution is 0.977. The van der Waals surface area contributed by atoms with Gasteiger partial charge in [0, 0.05) is 43.6 Å². The SMILES string of the molecule is [2H]c1c([2H])c([2H])c(-n2c3ccccc3c3ccc(-c4nnc(-n5c6cc7ccccc7cc6c6c7ccccc7ccc65)c5ccccc45)cc32)c([2H])c1[2H]. The van der Waals surface area contributed by atoms with Crippen molar-refractivity contribution in [1.29, 1.82) is 0 Å². The Kier molecular flexibility index (Phi) is 4.71. The van der Waals surface area contributed by atoms with E-state index in [2.05, 4.69) is 89.5 Å². The van der Waals surface area contributed by atoms with Gasteiger partial charge in [-0.3, -0.25) is 4.57 Å². The third kappa shape index (κ3) is 3.81. The quantitative estimate of drug-likeness (QED) is 0.192. The molecule has 0 amide bonds. The summed E-state index contributed by atoms with van der Waals surface area (Å²) in [6, 6.07) is 46.1. The zero-order chi connectivity index (χ0) is 37.1. The molecule has 0 aliphatic rings. The minimum atomic E-state index is -0.424. The number of rotatable bonds is 3. The second kappa shape index (κ2) is 10.4. The average molecular weight is 642 g/mol. The first-order chi connectivity index (χ1) is 26.9. The fraction of sp³-hybridized carbons (Fsp3) is 0. The maximum atomic E-state index is 8.87. The van der Waals surface area contributed by atoms with E-state index in [1.165, 1.54) is 21.5 Å². The standard InChI is InChI=1S/C46H28N4/c1-2-15-33(16-3-1)49-40-21-11-10-18-35(40)36-24-22-32(28-42(36)49)45-37-19-8-9-20-38(37)46(48-47-45)50-41-25-23-29-12-6-7-17-34(29)44(41)39-26-30-13-4-5-14-31(30)27-43(39)50/h1-28H/i1D,2D,3D,15D,16D. The molecule has 0 fully saturated rings. The van der Waals surface area contributed by atoms with Crippen LogP contribution in [0, 0.1) is 0 Å². The van der Waals surface area contributed by atoms with Gasteiger partial charge < -0.3 is 4.57 Å². The number of benzene rings is 8. The van der Waals surface area contributed by atoms with E-state index in [0.717, 1.165) is 60.2 Å². The van der Waals surface area contributed by atoms with E-state index in [9.17, 15) is 0 Å². The Morgan fingerprint density at radius 2 is 1.08 bits per heavy atom. The van der Waals surface area contributed by atoms with Gasteiger partial charge in [0.15, 0.2) is 5.82 Å². The second-order valence-corrected chi connectivity index (χ2v) is 12.7. The van der Waals surface area contributed by atoms with E-state index in [-0.39, 0.29) is 29.9 Å². The van der Waals surface area contributed by atoms with Crippen LogP contribution in [0.3, 0.4) is 0 Å². The summed E-state index contributed by atoms with van der Waals surface area (Å²) in [5, 5.41) is 20.6. The van der Waals surface area contributed by atoms with Crippen LogP contribution < -0.4 is 0 Å². The Bertz CT molecular complexity index is 3430. The first-order valence-corrected chi connectivity index (χ1v) is 16.6. The Balaban J connectivity index is 1.19. The minimum absolute atomic E-state index is 0.104. The van der Waals surface area contributed by atoms with Crippen molar-refractivity contribution in [2.24, 2.45) is 0 Å². The second-order valence-electron chi connectivity index (χ2n) is 12.7. The van der Waals surface area contributed by atoms with Gasteiger partial charge in [-0.25, -0.2) is 0 Å². The highest BCUT2D eigenvalue weighted by molar-refractivity contribution is 6.23. The molecule has 0 atom stereocenters. The molecule has 0 saturated heterocycles. The van der Waals surface area contributed by atoms with Crippen molar-refractivity contribution in [3.63, 3.8) is 0 Å². The van der Waals surface area contributed by atoms with Gasteiger partial charge >= 0.3 is 0 Å². The highest BCUT2D eigenvalue weighted by Gasteiger charge is 2.21. The predicted octanol–water partition coefficient (Wildman–Crippen LogP) is 11.8. The highest BCUT2D eigenvalue weighted by Crippen LogP contribution is 2.41. The average Bonchev–Trinajstić information content (AvgIpc) is 3.73. The molecule has 3 heterocycles. The lowest BCUT2D eigenvalue weighted by Crippen LogP contribution is -2.02. The Hall–Kier alpha value is -6.78. The number of fused-ring (bicyclic) bond motifs is 10. The Morgan fingerprint density at radius 3 is 1.92 bits per heavy atom. The van der Waals surface area contributed by atoms with Crippen LogP contribution in [0.5, 0.6) is 0 Å². The number of hydrogen-bond acceptors (Lipinski definition) is 2. The van der Waals surface area contributed by atoms with E-state index in [0.29, 0.717) is 11.2 Å². The lowest BCUT2D eigenvalue weighted by Gasteiger charge is -2.13. The van der Waals surface area contributed by atoms with Crippen LogP contribution in [0.1, 0.15) is 6.85 Å². The molecule has 0 spiro atoms. The number of nitrogens with zero attached hydrogens (tertiary/aromatic N) is 4. The Labute approximate surface area is 294 Å². The van der Waals surface area contributed by atoms with Gasteiger partial charge in [-0.1, -0.05) is 127 Å². The fourth-order valence-corrected chi connectivity index (χ4v) is 7.88. The zero-order valence-corrected chi connectivity index (χ0v) is 26.6. The lowest BCUT2D eigenvalue weighted by atomic mass is 10.0. The first kappa shape index (κ1) is 22.7. The Morgan fingerprint density at radius 1 is 0.420 bits per heavy atom. The third-order valence-electron chi connectivity index (χ3n) is 10.1. The van der Waals surface area contributed by atoms with Crippen molar-refractivity contribution >= 4 is 75.9 Å². The van der Waals surface area contributed by atoms with Crippen molar-refractivity contribution < 1.29 is 6.85 Å². The molecule has 0 aliphatic heterocycles. The highest BCUT2D eigenvalue weighted by atomic mass is 15.2. The summed E-state index contributed by atoms with van der Waals surface area (Å²) in [7, 11) is 0. The zero-order valence-electron chi connectivity index (χ0n) is 31.6. The molecule has 0 unspecified atom stereocenters. The maximum absolute atomic E-state index is 8.87. The van der Waals surface area contributed by atoms with Crippen LogP contribution in [0.4, 0.5) is 0 Å². The number of aromatic nitrogens is 4. The molecule has 50 heavy (non-hydrogen) atoms. The summed E-state index contributed by atoms with van der Waals surface area (Å²) in [5.41, 5.74) is 5.10. The van der Waals surface area contributed by atoms with Gasteiger partial charge in [0.25, 0.3) is 0 Å². The van der Waals surface area contributed by atoms with Crippen molar-refractivity contribution in [1.82, 2.24) is 19.3 Å². The van der Waals surface area contributed by atoms with Crippen LogP contribution in [0.15, 0.2) is 170 Å². The molecule has 0 bridgehead atoms. The molecule has 11 rings (SSSR count). The normalized spacial score (nSPS) is 13.4. The van der Waals surface area contributed by atoms with Gasteiger partial charge in [0.05, 0.1) is 28.9 Å². The first-order valence-electron chi connectivity index (χ1n) is 19.1. The van der Waals surface area contributed by atoms with Gasteiger partial charge in [0.2, 0.25) is 0 Å². The largest absolute Gasteiger partial charge is 0.309 e. The minimum Gasteiger partial charge on any atom is -0.309 e. The summed E-state index contributed by atoms with van der Waals surface area (Å²) in [5.74, 6) is 0.722. The number of hydrogen-bond donors (Lipinski definition) is 0. The molecule has 0 saturated carbocycles. The van der Waals surface area contributed by atoms with Crippen molar-refractivity contribution in [2.45, 2.75) is 0 Å². The van der Waals surface area contributed by atoms with Gasteiger partial charge in [-0.2, -0.15) is 0 Å². The van der Waals surface area contributed by atoms with Gasteiger partial charge in [-0.15, -0.1) is 10.2 Å². The maximum Gasteiger partial charge on any atom is 0.168 e. The molecule has 232 valence electrons. The van der Waals surface area contributed by atoms with Crippen molar-refractivity contribution in [3.8, 4) is 22.8 Å². The van der Waals surface area contributed by atoms with Crippen LogP contribution in [-0.4, -0.2) is 19.3 Å². The molecular weight excluding hydrogens is 609 g/mol. The van der Waals surface area contributed by atoms with Crippen LogP contribution in [0.2, 0.25) is 0 Å². The van der Waals surface area contributed by atoms with E-state index >= 15 is 0 Å². The molecule has 0 radical (unpaired) electrons. The molecule has 3 aromatic heterocycles. The van der Waals surface area contributed by atoms with Crippen LogP contribution in [0.25, 0.3) is 98.7 Å². The van der Waals surface area contributed by atoms with Crippen LogP contribution >= 0.6 is 0 Å². The predicted molar refractivity (Wildman–Crippen MR) is 209 cm³/mol.